The van der Waals surface area contributed by atoms with E-state index < -0.39 is 35.9 Å². The SMILES string of the molecule is CO.COC(=O)[C@@H]1C[C@H](N)CN1C(=O)C(c1ccccc1)c1ccccc1.COC(=O)[C@@H]1C[C@H](NCCCc2ccc(F)cc2)CN1C(=O)C(c1ccccc1)c1ccccc1.O=CCCc1ccc(F)cc1.[B].[C-]#N.[Na+]. The molecule has 397 valence electrons. The van der Waals surface area contributed by atoms with Gasteiger partial charge in [-0.25, -0.2) is 18.4 Å². The van der Waals surface area contributed by atoms with Gasteiger partial charge in [-0.15, -0.1) is 0 Å². The summed E-state index contributed by atoms with van der Waals surface area (Å²) in [4.78, 5) is 65.3. The van der Waals surface area contributed by atoms with Gasteiger partial charge in [0.25, 0.3) is 0 Å². The molecule has 2 amide bonds. The summed E-state index contributed by atoms with van der Waals surface area (Å²) in [6, 6.07) is 49.8. The van der Waals surface area contributed by atoms with Crippen molar-refractivity contribution in [3.8, 4) is 0 Å². The molecule has 13 nitrogen and oxygen atoms in total. The number of aliphatic hydroxyl groups excluding tert-OH is 1. The number of amides is 2. The Hall–Kier alpha value is -6.84. The zero-order chi connectivity index (χ0) is 54.5. The second-order valence-electron chi connectivity index (χ2n) is 17.5. The molecule has 2 aliphatic heterocycles. The number of rotatable bonds is 16. The Morgan fingerprint density at radius 2 is 0.974 bits per heavy atom. The number of aliphatic hydroxyl groups is 1. The number of methoxy groups -OCH3 is 2. The van der Waals surface area contributed by atoms with Crippen LogP contribution < -0.4 is 40.6 Å². The molecule has 0 aliphatic carbocycles. The van der Waals surface area contributed by atoms with Gasteiger partial charge in [-0.1, -0.05) is 146 Å². The number of carbonyl (C=O) groups is 5. The summed E-state index contributed by atoms with van der Waals surface area (Å²) in [5.74, 6) is -2.48. The molecule has 17 heteroatoms. The molecule has 0 unspecified atom stereocenters. The van der Waals surface area contributed by atoms with Crippen molar-refractivity contribution >= 4 is 38.5 Å². The molecule has 8 rings (SSSR count). The molecule has 4 N–H and O–H groups in total. The van der Waals surface area contributed by atoms with Gasteiger partial charge < -0.3 is 52.1 Å². The quantitative estimate of drug-likeness (QED) is 0.0406. The van der Waals surface area contributed by atoms with Gasteiger partial charge in [-0.05, 0) is 96.3 Å². The molecule has 6 aromatic rings. The normalized spacial score (nSPS) is 15.9. The van der Waals surface area contributed by atoms with E-state index in [4.69, 9.17) is 32.1 Å². The number of likely N-dealkylation sites (tertiary alicyclic amines) is 2. The number of aldehydes is 1. The molecule has 0 saturated carbocycles. The van der Waals surface area contributed by atoms with Crippen LogP contribution in [0.15, 0.2) is 170 Å². The maximum atomic E-state index is 13.9. The van der Waals surface area contributed by atoms with Crippen molar-refractivity contribution in [1.82, 2.24) is 15.1 Å². The Morgan fingerprint density at radius 1 is 0.623 bits per heavy atom. The van der Waals surface area contributed by atoms with Crippen molar-refractivity contribution in [3.05, 3.63) is 221 Å². The van der Waals surface area contributed by atoms with Crippen LogP contribution in [0.3, 0.4) is 0 Å². The van der Waals surface area contributed by atoms with E-state index in [0.717, 1.165) is 66.2 Å². The number of hydrogen-bond acceptors (Lipinski definition) is 11. The van der Waals surface area contributed by atoms with Crippen LogP contribution in [0.1, 0.15) is 70.9 Å². The number of hydrogen-bond donors (Lipinski definition) is 3. The van der Waals surface area contributed by atoms with Crippen molar-refractivity contribution in [2.75, 3.05) is 41.0 Å². The molecule has 2 heterocycles. The predicted molar refractivity (Wildman–Crippen MR) is 288 cm³/mol. The minimum atomic E-state index is -0.628. The van der Waals surface area contributed by atoms with Crippen LogP contribution in [0.2, 0.25) is 0 Å². The van der Waals surface area contributed by atoms with Crippen LogP contribution in [0, 0.1) is 23.5 Å². The number of nitrogens with one attached hydrogen (secondary N) is 1. The average molecular weight is 1060 g/mol. The van der Waals surface area contributed by atoms with Crippen LogP contribution >= 0.6 is 0 Å². The first-order chi connectivity index (χ1) is 36.5. The third-order valence-electron chi connectivity index (χ3n) is 12.6. The maximum absolute atomic E-state index is 13.9. The molecule has 6 aromatic carbocycles. The first-order valence-electron chi connectivity index (χ1n) is 24.6. The van der Waals surface area contributed by atoms with Crippen molar-refractivity contribution in [2.24, 2.45) is 5.73 Å². The zero-order valence-corrected chi connectivity index (χ0v) is 46.1. The first-order valence-corrected chi connectivity index (χ1v) is 24.6. The summed E-state index contributed by atoms with van der Waals surface area (Å²) < 4.78 is 35.4. The predicted octanol–water partition coefficient (Wildman–Crippen LogP) is 4.53. The average Bonchev–Trinajstić information content (AvgIpc) is 4.09. The molecule has 2 aliphatic rings. The van der Waals surface area contributed by atoms with E-state index in [2.05, 4.69) is 5.32 Å². The molecule has 0 spiro atoms. The van der Waals surface area contributed by atoms with Gasteiger partial charge in [0, 0.05) is 47.1 Å². The van der Waals surface area contributed by atoms with E-state index in [-0.39, 0.29) is 73.5 Å². The van der Waals surface area contributed by atoms with E-state index >= 15 is 0 Å². The number of halogens is 2. The summed E-state index contributed by atoms with van der Waals surface area (Å²) in [6.07, 6.45) is 4.70. The van der Waals surface area contributed by atoms with Crippen LogP contribution in [0.5, 0.6) is 0 Å². The Morgan fingerprint density at radius 3 is 1.34 bits per heavy atom. The standard InChI is InChI=1S/C29H31FN2O3.C20H22N2O3.C9H9FO.CN.CH4O.B.Na/c1-35-29(34)26-19-25(31-18-8-9-21-14-16-24(30)17-15-21)20-32(26)28(33)27(22-10-4-2-5-11-22)23-12-6-3-7-13-23;1-25-20(24)17-12-16(21)13-22(17)19(23)18(14-8-4-2-5-9-14)15-10-6-3-7-11-15;10-9-5-3-8(4-6-9)2-1-7-11;2*1-2;;/h2-7,10-17,25-27,31H,8-9,18-20H2,1H3;2-11,16-18H,12-13,21H2,1H3;3-7H,1-2H2;;2H,1H3;;/q;;;-1;;;+1/t25-,26-;16-,17-;;;;;/m00...../s1. The molecular formula is C60H66BF2N5NaO8. The van der Waals surface area contributed by atoms with Crippen molar-refractivity contribution < 1.29 is 76.9 Å². The van der Waals surface area contributed by atoms with Gasteiger partial charge in [-0.3, -0.25) is 9.59 Å². The molecule has 0 aromatic heterocycles. The van der Waals surface area contributed by atoms with Crippen LogP contribution in [0.25, 0.3) is 0 Å². The second kappa shape index (κ2) is 36.2. The second-order valence-corrected chi connectivity index (χ2v) is 17.5. The number of nitrogens with two attached hydrogens (primary N) is 1. The van der Waals surface area contributed by atoms with Gasteiger partial charge >= 0.3 is 41.5 Å². The summed E-state index contributed by atoms with van der Waals surface area (Å²) in [6.45, 7) is 6.28. The number of ether oxygens (including phenoxy) is 2. The molecule has 77 heavy (non-hydrogen) atoms. The smallest absolute Gasteiger partial charge is 0.512 e. The molecule has 2 saturated heterocycles. The van der Waals surface area contributed by atoms with Gasteiger partial charge in [0.15, 0.2) is 0 Å². The van der Waals surface area contributed by atoms with Crippen LogP contribution in [-0.2, 0) is 46.3 Å². The van der Waals surface area contributed by atoms with E-state index in [1.54, 1.807) is 34.1 Å². The molecule has 2 fully saturated rings. The fourth-order valence-electron chi connectivity index (χ4n) is 9.05. The Bertz CT molecular complexity index is 2590. The summed E-state index contributed by atoms with van der Waals surface area (Å²) in [5.41, 5.74) is 11.7. The van der Waals surface area contributed by atoms with Crippen LogP contribution in [0.4, 0.5) is 8.78 Å². The number of aryl methyl sites for hydroxylation is 2. The number of esters is 2. The van der Waals surface area contributed by atoms with E-state index in [0.29, 0.717) is 38.8 Å². The molecule has 4 atom stereocenters. The Labute approximate surface area is 475 Å². The third kappa shape index (κ3) is 20.2. The van der Waals surface area contributed by atoms with Crippen LogP contribution in [-0.4, -0.2) is 118 Å². The number of nitrogens with zero attached hydrogens (tertiary/aromatic N) is 3. The largest absolute Gasteiger partial charge is 1.00 e. The minimum Gasteiger partial charge on any atom is -0.512 e. The summed E-state index contributed by atoms with van der Waals surface area (Å²) >= 11 is 0. The topological polar surface area (TPSA) is 192 Å². The third-order valence-corrected chi connectivity index (χ3v) is 12.6. The number of benzene rings is 6. The molecular weight excluding hydrogens is 990 g/mol. The monoisotopic (exact) mass is 1060 g/mol. The molecule has 0 bridgehead atoms. The van der Waals surface area contributed by atoms with E-state index in [9.17, 15) is 32.8 Å². The van der Waals surface area contributed by atoms with Gasteiger partial charge in [0.2, 0.25) is 11.8 Å². The van der Waals surface area contributed by atoms with Crippen molar-refractivity contribution in [2.45, 2.75) is 74.5 Å². The fourth-order valence-corrected chi connectivity index (χ4v) is 9.05. The van der Waals surface area contributed by atoms with Gasteiger partial charge in [0.1, 0.15) is 30.0 Å². The van der Waals surface area contributed by atoms with E-state index in [1.165, 1.54) is 38.5 Å². The maximum Gasteiger partial charge on any atom is 1.00 e. The Kier molecular flexibility index (Phi) is 31.2. The van der Waals surface area contributed by atoms with Gasteiger partial charge in [-0.2, -0.15) is 0 Å². The fraction of sp³-hybridized carbons (Fsp3) is 0.300. The molecule has 3 radical (unpaired) electrons. The van der Waals surface area contributed by atoms with Crippen molar-refractivity contribution in [3.63, 3.8) is 0 Å². The minimum absolute atomic E-state index is 0. The van der Waals surface area contributed by atoms with E-state index in [1.807, 2.05) is 121 Å². The van der Waals surface area contributed by atoms with Crippen molar-refractivity contribution in [1.29, 1.82) is 5.26 Å². The Balaban J connectivity index is 0.000000421. The summed E-state index contributed by atoms with van der Waals surface area (Å²) in [5, 5.41) is 16.7. The number of carbonyl (C=O) groups excluding carboxylic acids is 5. The first kappa shape index (κ1) is 66.3. The zero-order valence-electron chi connectivity index (χ0n) is 44.1. The van der Waals surface area contributed by atoms with Gasteiger partial charge in [0.05, 0.1) is 26.1 Å². The summed E-state index contributed by atoms with van der Waals surface area (Å²) in [7, 11) is 3.70.